The molecule has 1 aromatic rings. The lowest BCUT2D eigenvalue weighted by molar-refractivity contribution is 0.238. The quantitative estimate of drug-likeness (QED) is 0.807. The molecule has 0 saturated carbocycles. The highest BCUT2D eigenvalue weighted by Gasteiger charge is 2.17. The van der Waals surface area contributed by atoms with Crippen molar-refractivity contribution in [2.45, 2.75) is 13.8 Å². The van der Waals surface area contributed by atoms with Gasteiger partial charge in [0.2, 0.25) is 0 Å². The van der Waals surface area contributed by atoms with Gasteiger partial charge in [-0.25, -0.2) is 9.78 Å². The lowest BCUT2D eigenvalue weighted by Crippen LogP contribution is -2.44. The summed E-state index contributed by atoms with van der Waals surface area (Å²) in [5.41, 5.74) is 1.95. The first kappa shape index (κ1) is 16.4. The van der Waals surface area contributed by atoms with E-state index in [-0.39, 0.29) is 19.2 Å². The van der Waals surface area contributed by atoms with E-state index in [9.17, 15) is 4.79 Å². The smallest absolute Gasteiger partial charge is 0.323 e. The minimum absolute atomic E-state index is 0.0759. The van der Waals surface area contributed by atoms with Gasteiger partial charge >= 0.3 is 6.03 Å². The number of nitrogens with zero attached hydrogens (tertiary/aromatic N) is 3. The summed E-state index contributed by atoms with van der Waals surface area (Å²) in [5, 5.41) is 11.5. The maximum atomic E-state index is 12.2. The number of carbonyl (C=O) groups excluding carboxylic acids is 1. The molecule has 20 heavy (non-hydrogen) atoms. The van der Waals surface area contributed by atoms with E-state index < -0.39 is 0 Å². The molecule has 1 heterocycles. The molecule has 2 amide bonds. The van der Waals surface area contributed by atoms with Crippen LogP contribution in [-0.2, 0) is 0 Å². The first-order chi connectivity index (χ1) is 9.43. The van der Waals surface area contributed by atoms with Crippen LogP contribution in [0.1, 0.15) is 11.3 Å². The van der Waals surface area contributed by atoms with Crippen molar-refractivity contribution in [2.75, 3.05) is 45.2 Å². The van der Waals surface area contributed by atoms with Crippen LogP contribution in [0.5, 0.6) is 0 Å². The average Bonchev–Trinajstić information content (AvgIpc) is 2.35. The summed E-state index contributed by atoms with van der Waals surface area (Å²) in [5.74, 6) is 0.639. The van der Waals surface area contributed by atoms with E-state index in [4.69, 9.17) is 5.11 Å². The largest absolute Gasteiger partial charge is 0.395 e. The van der Waals surface area contributed by atoms with E-state index in [0.29, 0.717) is 12.4 Å². The number of pyridine rings is 1. The van der Waals surface area contributed by atoms with Crippen molar-refractivity contribution < 1.29 is 9.90 Å². The molecule has 0 atom stereocenters. The molecular weight excluding hydrogens is 256 g/mol. The number of aliphatic hydroxyl groups is 1. The molecule has 0 aliphatic heterocycles. The third-order valence-electron chi connectivity index (χ3n) is 2.76. The van der Waals surface area contributed by atoms with Crippen molar-refractivity contribution >= 4 is 11.8 Å². The van der Waals surface area contributed by atoms with E-state index in [1.54, 1.807) is 4.90 Å². The average molecular weight is 280 g/mol. The molecule has 6 nitrogen and oxygen atoms in total. The molecule has 0 bridgehead atoms. The van der Waals surface area contributed by atoms with E-state index in [2.05, 4.69) is 10.3 Å². The predicted molar refractivity (Wildman–Crippen MR) is 80.1 cm³/mol. The van der Waals surface area contributed by atoms with Gasteiger partial charge in [-0.1, -0.05) is 0 Å². The van der Waals surface area contributed by atoms with Crippen LogP contribution < -0.4 is 10.2 Å². The Labute approximate surface area is 120 Å². The maximum Gasteiger partial charge on any atom is 0.323 e. The molecule has 0 unspecified atom stereocenters. The lowest BCUT2D eigenvalue weighted by Gasteiger charge is -2.24. The fourth-order valence-corrected chi connectivity index (χ4v) is 1.84. The van der Waals surface area contributed by atoms with Gasteiger partial charge in [0, 0.05) is 25.3 Å². The zero-order valence-corrected chi connectivity index (χ0v) is 12.7. The van der Waals surface area contributed by atoms with Crippen molar-refractivity contribution in [3.05, 3.63) is 23.4 Å². The molecule has 0 aliphatic rings. The van der Waals surface area contributed by atoms with Crippen molar-refractivity contribution in [1.82, 2.24) is 15.2 Å². The number of urea groups is 1. The molecule has 1 rings (SSSR count). The highest BCUT2D eigenvalue weighted by atomic mass is 16.3. The summed E-state index contributed by atoms with van der Waals surface area (Å²) in [6.07, 6.45) is 0. The number of carbonyl (C=O) groups is 1. The monoisotopic (exact) mass is 280 g/mol. The number of amides is 2. The number of anilines is 1. The minimum atomic E-state index is -0.238. The number of aromatic nitrogens is 1. The number of likely N-dealkylation sites (N-methyl/N-ethyl adjacent to an activating group) is 1. The maximum absolute atomic E-state index is 12.2. The zero-order valence-electron chi connectivity index (χ0n) is 12.7. The topological polar surface area (TPSA) is 68.7 Å². The molecular formula is C14H24N4O2. The Morgan fingerprint density at radius 3 is 2.55 bits per heavy atom. The Balaban J connectivity index is 2.92. The van der Waals surface area contributed by atoms with Gasteiger partial charge < -0.3 is 15.3 Å². The Morgan fingerprint density at radius 1 is 1.30 bits per heavy atom. The van der Waals surface area contributed by atoms with Crippen LogP contribution in [0.15, 0.2) is 12.1 Å². The van der Waals surface area contributed by atoms with Crippen molar-refractivity contribution in [1.29, 1.82) is 0 Å². The molecule has 0 saturated heterocycles. The number of aliphatic hydroxyl groups excluding tert-OH is 1. The van der Waals surface area contributed by atoms with E-state index in [1.807, 2.05) is 45.0 Å². The SMILES string of the molecule is Cc1cc(C)nc(N(CCN(C)C)C(=O)NCCO)c1. The molecule has 0 aromatic carbocycles. The van der Waals surface area contributed by atoms with Crippen molar-refractivity contribution in [2.24, 2.45) is 0 Å². The van der Waals surface area contributed by atoms with Crippen LogP contribution in [0.4, 0.5) is 10.6 Å². The highest BCUT2D eigenvalue weighted by molar-refractivity contribution is 5.91. The Kier molecular flexibility index (Phi) is 6.41. The van der Waals surface area contributed by atoms with Gasteiger partial charge in [0.25, 0.3) is 0 Å². The standard InChI is InChI=1S/C14H24N4O2/c1-11-9-12(2)16-13(10-11)18(7-6-17(3)4)14(20)15-5-8-19/h9-10,19H,5-8H2,1-4H3,(H,15,20). The van der Waals surface area contributed by atoms with Gasteiger partial charge in [0.05, 0.1) is 6.61 Å². The first-order valence-electron chi connectivity index (χ1n) is 6.70. The van der Waals surface area contributed by atoms with Gasteiger partial charge in [0.1, 0.15) is 5.82 Å². The third kappa shape index (κ3) is 5.14. The number of hydrogen-bond acceptors (Lipinski definition) is 4. The van der Waals surface area contributed by atoms with Crippen molar-refractivity contribution in [3.63, 3.8) is 0 Å². The van der Waals surface area contributed by atoms with Gasteiger partial charge in [-0.3, -0.25) is 4.90 Å². The summed E-state index contributed by atoms with van der Waals surface area (Å²) in [6, 6.07) is 3.62. The van der Waals surface area contributed by atoms with Crippen LogP contribution in [0.3, 0.4) is 0 Å². The van der Waals surface area contributed by atoms with Crippen molar-refractivity contribution in [3.8, 4) is 0 Å². The number of rotatable bonds is 6. The van der Waals surface area contributed by atoms with Crippen LogP contribution in [0.2, 0.25) is 0 Å². The van der Waals surface area contributed by atoms with E-state index in [1.165, 1.54) is 0 Å². The second-order valence-corrected chi connectivity index (χ2v) is 5.05. The molecule has 6 heteroatoms. The summed E-state index contributed by atoms with van der Waals surface area (Å²) in [6.45, 7) is 5.33. The summed E-state index contributed by atoms with van der Waals surface area (Å²) >= 11 is 0. The van der Waals surface area contributed by atoms with Gasteiger partial charge in [-0.2, -0.15) is 0 Å². The lowest BCUT2D eigenvalue weighted by atomic mass is 10.2. The minimum Gasteiger partial charge on any atom is -0.395 e. The predicted octanol–water partition coefficient (Wildman–Crippen LogP) is 0.768. The molecule has 1 aromatic heterocycles. The molecule has 112 valence electrons. The fourth-order valence-electron chi connectivity index (χ4n) is 1.84. The first-order valence-corrected chi connectivity index (χ1v) is 6.70. The molecule has 0 fully saturated rings. The molecule has 2 N–H and O–H groups in total. The Bertz CT molecular complexity index is 429. The Hall–Kier alpha value is -1.66. The normalized spacial score (nSPS) is 10.7. The second-order valence-electron chi connectivity index (χ2n) is 5.05. The highest BCUT2D eigenvalue weighted by Crippen LogP contribution is 2.14. The van der Waals surface area contributed by atoms with Gasteiger partial charge in [-0.05, 0) is 45.6 Å². The second kappa shape index (κ2) is 7.81. The summed E-state index contributed by atoms with van der Waals surface area (Å²) in [7, 11) is 3.91. The number of hydrogen-bond donors (Lipinski definition) is 2. The zero-order chi connectivity index (χ0) is 15.1. The molecule has 0 radical (unpaired) electrons. The third-order valence-corrected chi connectivity index (χ3v) is 2.76. The molecule has 0 spiro atoms. The van der Waals surface area contributed by atoms with Crippen LogP contribution in [0, 0.1) is 13.8 Å². The summed E-state index contributed by atoms with van der Waals surface area (Å²) < 4.78 is 0. The van der Waals surface area contributed by atoms with Crippen LogP contribution >= 0.6 is 0 Å². The number of aryl methyl sites for hydroxylation is 2. The fraction of sp³-hybridized carbons (Fsp3) is 0.571. The number of nitrogens with one attached hydrogen (secondary N) is 1. The van der Waals surface area contributed by atoms with Gasteiger partial charge in [-0.15, -0.1) is 0 Å². The molecule has 0 aliphatic carbocycles. The van der Waals surface area contributed by atoms with E-state index in [0.717, 1.165) is 17.8 Å². The van der Waals surface area contributed by atoms with Crippen LogP contribution in [-0.4, -0.2) is 61.4 Å². The Morgan fingerprint density at radius 2 is 2.00 bits per heavy atom. The van der Waals surface area contributed by atoms with Crippen LogP contribution in [0.25, 0.3) is 0 Å². The van der Waals surface area contributed by atoms with Gasteiger partial charge in [0.15, 0.2) is 0 Å². The van der Waals surface area contributed by atoms with E-state index >= 15 is 0 Å². The summed E-state index contributed by atoms with van der Waals surface area (Å²) in [4.78, 5) is 20.2.